The van der Waals surface area contributed by atoms with Crippen molar-refractivity contribution in [3.63, 3.8) is 0 Å². The minimum atomic E-state index is -0.146. The van der Waals surface area contributed by atoms with Crippen LogP contribution in [0, 0.1) is 17.7 Å². The Morgan fingerprint density at radius 1 is 1.35 bits per heavy atom. The predicted octanol–water partition coefficient (Wildman–Crippen LogP) is 4.13. The molecule has 3 atom stereocenters. The molecule has 0 saturated heterocycles. The molecule has 0 spiro atoms. The van der Waals surface area contributed by atoms with Crippen LogP contribution in [0.5, 0.6) is 0 Å². The van der Waals surface area contributed by atoms with Crippen LogP contribution in [0.1, 0.15) is 58.4 Å². The number of halogens is 1. The van der Waals surface area contributed by atoms with E-state index in [1.807, 2.05) is 6.07 Å². The Morgan fingerprint density at radius 3 is 2.75 bits per heavy atom. The molecule has 20 heavy (non-hydrogen) atoms. The third-order valence-corrected chi connectivity index (χ3v) is 4.35. The molecule has 1 heterocycles. The first-order chi connectivity index (χ1) is 9.37. The van der Waals surface area contributed by atoms with Gasteiger partial charge in [0.15, 0.2) is 0 Å². The van der Waals surface area contributed by atoms with Crippen LogP contribution < -0.4 is 5.32 Å². The second-order valence-electron chi connectivity index (χ2n) is 7.31. The van der Waals surface area contributed by atoms with E-state index in [1.54, 1.807) is 6.20 Å². The quantitative estimate of drug-likeness (QED) is 0.899. The standard InChI is InChI=1S/C17H27FN2/c1-12-5-6-13(10-20-17(2,3)4)15(9-12)14-7-8-19-11-16(14)18/h7-8,11-13,15,20H,5-6,9-10H2,1-4H3. The van der Waals surface area contributed by atoms with Gasteiger partial charge in [-0.2, -0.15) is 0 Å². The normalized spacial score (nSPS) is 27.6. The summed E-state index contributed by atoms with van der Waals surface area (Å²) in [6, 6.07) is 1.86. The maximum Gasteiger partial charge on any atom is 0.144 e. The number of hydrogen-bond donors (Lipinski definition) is 1. The molecule has 1 aliphatic rings. The second-order valence-corrected chi connectivity index (χ2v) is 7.31. The molecule has 2 rings (SSSR count). The fraction of sp³-hybridized carbons (Fsp3) is 0.706. The van der Waals surface area contributed by atoms with Crippen molar-refractivity contribution in [2.75, 3.05) is 6.54 Å². The zero-order chi connectivity index (χ0) is 14.8. The van der Waals surface area contributed by atoms with Crippen molar-refractivity contribution in [3.05, 3.63) is 29.8 Å². The number of hydrogen-bond acceptors (Lipinski definition) is 2. The van der Waals surface area contributed by atoms with Crippen molar-refractivity contribution < 1.29 is 4.39 Å². The molecule has 1 aromatic rings. The van der Waals surface area contributed by atoms with Gasteiger partial charge >= 0.3 is 0 Å². The van der Waals surface area contributed by atoms with Crippen LogP contribution in [-0.2, 0) is 0 Å². The molecule has 1 saturated carbocycles. The maximum absolute atomic E-state index is 14.1. The van der Waals surface area contributed by atoms with E-state index in [1.165, 1.54) is 19.0 Å². The average Bonchev–Trinajstić information content (AvgIpc) is 2.37. The predicted molar refractivity (Wildman–Crippen MR) is 81.2 cm³/mol. The van der Waals surface area contributed by atoms with E-state index in [0.717, 1.165) is 18.5 Å². The molecule has 3 heteroatoms. The molecule has 112 valence electrons. The average molecular weight is 278 g/mol. The minimum Gasteiger partial charge on any atom is -0.312 e. The van der Waals surface area contributed by atoms with E-state index in [2.05, 4.69) is 38.0 Å². The molecule has 1 aromatic heterocycles. The molecule has 0 amide bonds. The lowest BCUT2D eigenvalue weighted by Gasteiger charge is -2.37. The molecule has 2 nitrogen and oxygen atoms in total. The van der Waals surface area contributed by atoms with Crippen molar-refractivity contribution in [1.82, 2.24) is 10.3 Å². The third kappa shape index (κ3) is 4.02. The van der Waals surface area contributed by atoms with Crippen molar-refractivity contribution in [2.45, 2.75) is 58.4 Å². The van der Waals surface area contributed by atoms with E-state index >= 15 is 0 Å². The molecule has 0 aromatic carbocycles. The summed E-state index contributed by atoms with van der Waals surface area (Å²) >= 11 is 0. The van der Waals surface area contributed by atoms with Gasteiger partial charge in [0.05, 0.1) is 6.20 Å². The summed E-state index contributed by atoms with van der Waals surface area (Å²) in [5.74, 6) is 1.37. The minimum absolute atomic E-state index is 0.115. The zero-order valence-electron chi connectivity index (χ0n) is 13.1. The highest BCUT2D eigenvalue weighted by molar-refractivity contribution is 5.20. The Balaban J connectivity index is 2.15. The van der Waals surface area contributed by atoms with Gasteiger partial charge in [-0.25, -0.2) is 4.39 Å². The number of pyridine rings is 1. The summed E-state index contributed by atoms with van der Waals surface area (Å²) in [6.45, 7) is 9.78. The second kappa shape index (κ2) is 6.21. The Labute approximate surface area is 122 Å². The highest BCUT2D eigenvalue weighted by Gasteiger charge is 2.31. The van der Waals surface area contributed by atoms with Gasteiger partial charge < -0.3 is 5.32 Å². The third-order valence-electron chi connectivity index (χ3n) is 4.35. The Hall–Kier alpha value is -0.960. The van der Waals surface area contributed by atoms with Gasteiger partial charge in [0, 0.05) is 11.7 Å². The van der Waals surface area contributed by atoms with Crippen LogP contribution in [-0.4, -0.2) is 17.1 Å². The molecule has 1 N–H and O–H groups in total. The van der Waals surface area contributed by atoms with Crippen LogP contribution in [0.15, 0.2) is 18.5 Å². The first-order valence-corrected chi connectivity index (χ1v) is 7.71. The van der Waals surface area contributed by atoms with Crippen molar-refractivity contribution >= 4 is 0 Å². The fourth-order valence-corrected chi connectivity index (χ4v) is 3.19. The van der Waals surface area contributed by atoms with Crippen molar-refractivity contribution in [2.24, 2.45) is 11.8 Å². The Bertz CT molecular complexity index is 439. The summed E-state index contributed by atoms with van der Waals surface area (Å²) in [5, 5.41) is 3.59. The molecule has 3 unspecified atom stereocenters. The van der Waals surface area contributed by atoms with Gasteiger partial charge in [-0.05, 0) is 69.5 Å². The molecular weight excluding hydrogens is 251 g/mol. The lowest BCUT2D eigenvalue weighted by Crippen LogP contribution is -2.41. The lowest BCUT2D eigenvalue weighted by molar-refractivity contribution is 0.223. The van der Waals surface area contributed by atoms with Gasteiger partial charge in [0.1, 0.15) is 5.82 Å². The summed E-state index contributed by atoms with van der Waals surface area (Å²) in [7, 11) is 0. The molecule has 1 fully saturated rings. The lowest BCUT2D eigenvalue weighted by atomic mass is 9.71. The van der Waals surface area contributed by atoms with E-state index < -0.39 is 0 Å². The highest BCUT2D eigenvalue weighted by atomic mass is 19.1. The van der Waals surface area contributed by atoms with Gasteiger partial charge in [-0.15, -0.1) is 0 Å². The zero-order valence-corrected chi connectivity index (χ0v) is 13.1. The van der Waals surface area contributed by atoms with Crippen molar-refractivity contribution in [3.8, 4) is 0 Å². The first-order valence-electron chi connectivity index (χ1n) is 7.71. The summed E-state index contributed by atoms with van der Waals surface area (Å²) in [5.41, 5.74) is 0.969. The molecule has 1 aliphatic carbocycles. The van der Waals surface area contributed by atoms with Crippen LogP contribution in [0.4, 0.5) is 4.39 Å². The van der Waals surface area contributed by atoms with E-state index in [-0.39, 0.29) is 11.4 Å². The fourth-order valence-electron chi connectivity index (χ4n) is 3.19. The monoisotopic (exact) mass is 278 g/mol. The topological polar surface area (TPSA) is 24.9 Å². The van der Waals surface area contributed by atoms with Crippen LogP contribution in [0.3, 0.4) is 0 Å². The van der Waals surface area contributed by atoms with Gasteiger partial charge in [-0.3, -0.25) is 4.98 Å². The van der Waals surface area contributed by atoms with Crippen LogP contribution >= 0.6 is 0 Å². The number of nitrogens with zero attached hydrogens (tertiary/aromatic N) is 1. The maximum atomic E-state index is 14.1. The first kappa shape index (κ1) is 15.4. The molecule has 0 bridgehead atoms. The van der Waals surface area contributed by atoms with Crippen LogP contribution in [0.2, 0.25) is 0 Å². The number of aromatic nitrogens is 1. The molecule has 0 aliphatic heterocycles. The SMILES string of the molecule is CC1CCC(CNC(C)(C)C)C(c2ccncc2F)C1. The summed E-state index contributed by atoms with van der Waals surface area (Å²) in [4.78, 5) is 3.88. The Morgan fingerprint density at radius 2 is 2.10 bits per heavy atom. The number of rotatable bonds is 3. The summed E-state index contributed by atoms with van der Waals surface area (Å²) < 4.78 is 14.1. The smallest absolute Gasteiger partial charge is 0.144 e. The van der Waals surface area contributed by atoms with Crippen LogP contribution in [0.25, 0.3) is 0 Å². The summed E-state index contributed by atoms with van der Waals surface area (Å²) in [6.07, 6.45) is 6.57. The largest absolute Gasteiger partial charge is 0.312 e. The van der Waals surface area contributed by atoms with E-state index in [0.29, 0.717) is 17.8 Å². The highest BCUT2D eigenvalue weighted by Crippen LogP contribution is 2.41. The van der Waals surface area contributed by atoms with Gasteiger partial charge in [-0.1, -0.05) is 13.3 Å². The van der Waals surface area contributed by atoms with Gasteiger partial charge in [0.25, 0.3) is 0 Å². The molecule has 0 radical (unpaired) electrons. The van der Waals surface area contributed by atoms with Gasteiger partial charge in [0.2, 0.25) is 0 Å². The Kier molecular flexibility index (Phi) is 4.79. The molecular formula is C17H27FN2. The van der Waals surface area contributed by atoms with E-state index in [9.17, 15) is 4.39 Å². The van der Waals surface area contributed by atoms with E-state index in [4.69, 9.17) is 0 Å². The number of nitrogens with one attached hydrogen (secondary N) is 1. The van der Waals surface area contributed by atoms with Crippen molar-refractivity contribution in [1.29, 1.82) is 0 Å².